The number of carbonyl (C=O) groups is 4. The van der Waals surface area contributed by atoms with Crippen LogP contribution in [0.2, 0.25) is 0 Å². The van der Waals surface area contributed by atoms with Crippen LogP contribution in [0.4, 0.5) is 17.1 Å². The van der Waals surface area contributed by atoms with Crippen LogP contribution in [0.1, 0.15) is 19.4 Å². The lowest BCUT2D eigenvalue weighted by Crippen LogP contribution is -2.30. The van der Waals surface area contributed by atoms with Crippen LogP contribution in [0.5, 0.6) is 0 Å². The zero-order valence-electron chi connectivity index (χ0n) is 28.7. The zero-order valence-corrected chi connectivity index (χ0v) is 29.6. The molecule has 0 saturated carbocycles. The van der Waals surface area contributed by atoms with Crippen LogP contribution in [0.15, 0.2) is 126 Å². The first-order valence-electron chi connectivity index (χ1n) is 16.4. The average Bonchev–Trinajstić information content (AvgIpc) is 3.55. The Labute approximate surface area is 300 Å². The minimum absolute atomic E-state index is 0.124. The molecule has 7 rings (SSSR count). The largest absolute Gasteiger partial charge is 0.377 e. The number of nitrogens with one attached hydrogen (secondary N) is 1. The monoisotopic (exact) mass is 711 g/mol. The Kier molecular flexibility index (Phi) is 8.65. The molecular formula is C40H33N5O6S. The van der Waals surface area contributed by atoms with Crippen molar-refractivity contribution in [1.82, 2.24) is 9.71 Å². The number of aromatic nitrogens is 1. The molecule has 2 aliphatic rings. The van der Waals surface area contributed by atoms with Gasteiger partial charge < -0.3 is 4.90 Å². The van der Waals surface area contributed by atoms with Crippen LogP contribution in [0.25, 0.3) is 33.0 Å². The van der Waals surface area contributed by atoms with Crippen molar-refractivity contribution < 1.29 is 27.6 Å². The van der Waals surface area contributed by atoms with Gasteiger partial charge in [-0.15, -0.1) is 0 Å². The molecule has 1 N–H and O–H groups in total. The van der Waals surface area contributed by atoms with Crippen molar-refractivity contribution in [2.45, 2.75) is 25.3 Å². The van der Waals surface area contributed by atoms with Crippen molar-refractivity contribution in [3.8, 4) is 22.3 Å². The minimum atomic E-state index is -4.06. The summed E-state index contributed by atoms with van der Waals surface area (Å²) >= 11 is 0. The predicted octanol–water partition coefficient (Wildman–Crippen LogP) is 5.75. The number of hydrogen-bond acceptors (Lipinski definition) is 8. The van der Waals surface area contributed by atoms with Crippen LogP contribution in [0, 0.1) is 0 Å². The Morgan fingerprint density at radius 3 is 1.60 bits per heavy atom. The van der Waals surface area contributed by atoms with Gasteiger partial charge in [-0.05, 0) is 66.9 Å². The number of nitrogens with zero attached hydrogens (tertiary/aromatic N) is 4. The molecular weight excluding hydrogens is 679 g/mol. The van der Waals surface area contributed by atoms with Crippen LogP contribution >= 0.6 is 0 Å². The molecule has 0 atom stereocenters. The Morgan fingerprint density at radius 1 is 0.654 bits per heavy atom. The van der Waals surface area contributed by atoms with Gasteiger partial charge in [0.2, 0.25) is 10.0 Å². The van der Waals surface area contributed by atoms with Gasteiger partial charge in [0, 0.05) is 83.9 Å². The van der Waals surface area contributed by atoms with Crippen molar-refractivity contribution in [3.63, 3.8) is 0 Å². The molecule has 0 radical (unpaired) electrons. The van der Waals surface area contributed by atoms with Crippen molar-refractivity contribution in [3.05, 3.63) is 126 Å². The average molecular weight is 712 g/mol. The highest BCUT2D eigenvalue weighted by molar-refractivity contribution is 7.89. The standard InChI is InChI=1S/C40H33N5O6S/c1-24-19-37(46)44(39(24)48)28-15-11-26(12-16-28)32-21-41-22-33(27-13-17-29(18-14-27)45-38(47)20-25(2)40(45)49)34(32)23-42-52(50,51)36-10-6-7-30-31(36)8-5-9-35(30)43(3)4/h5-22,42H,23H2,1-4H3. The Bertz CT molecular complexity index is 2400. The number of amides is 4. The first-order valence-corrected chi connectivity index (χ1v) is 17.8. The van der Waals surface area contributed by atoms with E-state index in [9.17, 15) is 27.6 Å². The first kappa shape index (κ1) is 34.2. The highest BCUT2D eigenvalue weighted by atomic mass is 32.2. The fourth-order valence-corrected chi connectivity index (χ4v) is 7.77. The number of carbonyl (C=O) groups excluding carboxylic acids is 4. The third-order valence-electron chi connectivity index (χ3n) is 9.20. The van der Waals surface area contributed by atoms with Crippen LogP contribution in [-0.2, 0) is 35.7 Å². The van der Waals surface area contributed by atoms with E-state index in [4.69, 9.17) is 0 Å². The lowest BCUT2D eigenvalue weighted by atomic mass is 9.94. The number of anilines is 3. The maximum Gasteiger partial charge on any atom is 0.261 e. The van der Waals surface area contributed by atoms with E-state index in [1.165, 1.54) is 12.2 Å². The summed E-state index contributed by atoms with van der Waals surface area (Å²) in [5, 5.41) is 1.37. The summed E-state index contributed by atoms with van der Waals surface area (Å²) in [5.74, 6) is -1.64. The summed E-state index contributed by atoms with van der Waals surface area (Å²) in [6.07, 6.45) is 5.85. The van der Waals surface area contributed by atoms with E-state index in [0.717, 1.165) is 20.9 Å². The van der Waals surface area contributed by atoms with Crippen LogP contribution < -0.4 is 19.4 Å². The second kappa shape index (κ2) is 13.1. The summed E-state index contributed by atoms with van der Waals surface area (Å²) < 4.78 is 31.0. The van der Waals surface area contributed by atoms with E-state index < -0.39 is 33.7 Å². The number of benzene rings is 4. The molecule has 4 aromatic carbocycles. The van der Waals surface area contributed by atoms with E-state index in [2.05, 4.69) is 9.71 Å². The van der Waals surface area contributed by atoms with Crippen LogP contribution in [0.3, 0.4) is 0 Å². The molecule has 0 saturated heterocycles. The van der Waals surface area contributed by atoms with E-state index in [1.807, 2.05) is 37.2 Å². The highest BCUT2D eigenvalue weighted by Crippen LogP contribution is 2.36. The molecule has 0 fully saturated rings. The maximum atomic E-state index is 14.1. The molecule has 5 aromatic rings. The SMILES string of the molecule is CC1=CC(=O)N(c2ccc(-c3cncc(-c4ccc(N5C(=O)C=C(C)C5=O)cc4)c3CNS(=O)(=O)c3cccc4c(N(C)C)cccc34)cc2)C1=O. The van der Waals surface area contributed by atoms with E-state index in [-0.39, 0.29) is 11.4 Å². The topological polar surface area (TPSA) is 137 Å². The van der Waals surface area contributed by atoms with E-state index in [1.54, 1.807) is 93.0 Å². The van der Waals surface area contributed by atoms with Crippen molar-refractivity contribution in [1.29, 1.82) is 0 Å². The summed E-state index contributed by atoms with van der Waals surface area (Å²) in [6, 6.07) is 24.3. The van der Waals surface area contributed by atoms with Crippen molar-refractivity contribution >= 4 is 61.5 Å². The molecule has 12 heteroatoms. The van der Waals surface area contributed by atoms with Gasteiger partial charge in [0.1, 0.15) is 0 Å². The molecule has 3 heterocycles. The lowest BCUT2D eigenvalue weighted by molar-refractivity contribution is -0.121. The van der Waals surface area contributed by atoms with Crippen LogP contribution in [-0.4, -0.2) is 51.1 Å². The van der Waals surface area contributed by atoms with Crippen molar-refractivity contribution in [2.24, 2.45) is 0 Å². The number of pyridine rings is 1. The maximum absolute atomic E-state index is 14.1. The molecule has 11 nitrogen and oxygen atoms in total. The summed E-state index contributed by atoms with van der Waals surface area (Å²) in [6.45, 7) is 3.05. The van der Waals surface area contributed by atoms with Gasteiger partial charge in [-0.25, -0.2) is 22.9 Å². The third-order valence-corrected chi connectivity index (χ3v) is 10.7. The summed E-state index contributed by atoms with van der Waals surface area (Å²) in [5.41, 5.74) is 5.54. The van der Waals surface area contributed by atoms with Gasteiger partial charge in [0.25, 0.3) is 23.6 Å². The van der Waals surface area contributed by atoms with Crippen molar-refractivity contribution in [2.75, 3.05) is 28.8 Å². The van der Waals surface area contributed by atoms with Gasteiger partial charge in [-0.1, -0.05) is 48.5 Å². The molecule has 1 aromatic heterocycles. The highest BCUT2D eigenvalue weighted by Gasteiger charge is 2.31. The van der Waals surface area contributed by atoms with E-state index >= 15 is 0 Å². The Morgan fingerprint density at radius 2 is 1.13 bits per heavy atom. The van der Waals surface area contributed by atoms with Gasteiger partial charge in [0.05, 0.1) is 16.3 Å². The second-order valence-corrected chi connectivity index (χ2v) is 14.5. The summed E-state index contributed by atoms with van der Waals surface area (Å²) in [4.78, 5) is 59.0. The smallest absolute Gasteiger partial charge is 0.261 e. The molecule has 0 spiro atoms. The van der Waals surface area contributed by atoms with Gasteiger partial charge in [-0.3, -0.25) is 24.2 Å². The second-order valence-electron chi connectivity index (χ2n) is 12.8. The fourth-order valence-electron chi connectivity index (χ4n) is 6.55. The molecule has 0 unspecified atom stereocenters. The number of imide groups is 2. The number of sulfonamides is 1. The lowest BCUT2D eigenvalue weighted by Gasteiger charge is -2.19. The summed E-state index contributed by atoms with van der Waals surface area (Å²) in [7, 11) is -0.260. The fraction of sp³-hybridized carbons (Fsp3) is 0.125. The predicted molar refractivity (Wildman–Crippen MR) is 200 cm³/mol. The number of fused-ring (bicyclic) bond motifs is 1. The Balaban J connectivity index is 1.28. The number of rotatable bonds is 9. The molecule has 2 aliphatic heterocycles. The normalized spacial score (nSPS) is 14.8. The molecule has 0 bridgehead atoms. The van der Waals surface area contributed by atoms with E-state index in [0.29, 0.717) is 55.7 Å². The molecule has 52 heavy (non-hydrogen) atoms. The molecule has 4 amide bonds. The minimum Gasteiger partial charge on any atom is -0.377 e. The number of hydrogen-bond donors (Lipinski definition) is 1. The quantitative estimate of drug-likeness (QED) is 0.191. The third kappa shape index (κ3) is 5.97. The molecule has 0 aliphatic carbocycles. The van der Waals surface area contributed by atoms with Gasteiger partial charge in [-0.2, -0.15) is 0 Å². The zero-order chi connectivity index (χ0) is 36.9. The van der Waals surface area contributed by atoms with Gasteiger partial charge >= 0.3 is 0 Å². The Hall–Kier alpha value is -6.24. The molecule has 260 valence electrons. The van der Waals surface area contributed by atoms with Gasteiger partial charge in [0.15, 0.2) is 0 Å². The first-order chi connectivity index (χ1) is 24.9.